The maximum atomic E-state index is 10.0. The Morgan fingerprint density at radius 2 is 0.659 bits per heavy atom. The summed E-state index contributed by atoms with van der Waals surface area (Å²) >= 11 is 0. The van der Waals surface area contributed by atoms with Crippen LogP contribution in [0.4, 0.5) is 0 Å². The van der Waals surface area contributed by atoms with Crippen molar-refractivity contribution in [3.63, 3.8) is 0 Å². The third-order valence-electron chi connectivity index (χ3n) is 3.01. The molecule has 0 spiro atoms. The third kappa shape index (κ3) is 125. The Kier molecular flexibility index (Phi) is 64.3. The van der Waals surface area contributed by atoms with Gasteiger partial charge in [-0.25, -0.2) is 13.2 Å². The van der Waals surface area contributed by atoms with Gasteiger partial charge in [-0.2, -0.15) is 0 Å². The van der Waals surface area contributed by atoms with Gasteiger partial charge in [0.2, 0.25) is 0 Å². The van der Waals surface area contributed by atoms with Gasteiger partial charge in [0.05, 0.1) is 24.4 Å². The molecule has 0 saturated carbocycles. The molecule has 14 heteroatoms. The van der Waals surface area contributed by atoms with Crippen molar-refractivity contribution in [2.45, 2.75) is 120 Å². The second-order valence-corrected chi connectivity index (χ2v) is 8.97. The molecule has 0 bridgehead atoms. The molecule has 0 aromatic carbocycles. The van der Waals surface area contributed by atoms with E-state index in [-0.39, 0.29) is 99.3 Å². The normalized spacial score (nSPS) is 11.1. The number of carbonyl (C=O) groups is 6. The summed E-state index contributed by atoms with van der Waals surface area (Å²) in [5.41, 5.74) is 0. The predicted molar refractivity (Wildman–Crippen MR) is 160 cm³/mol. The Morgan fingerprint density at radius 3 is 0.682 bits per heavy atom. The van der Waals surface area contributed by atoms with E-state index >= 15 is 0 Å². The smallest absolute Gasteiger partial charge is 0.0536 e. The summed E-state index contributed by atoms with van der Waals surface area (Å²) in [6.07, 6.45) is 1.56. The van der Waals surface area contributed by atoms with Crippen LogP contribution in [0.1, 0.15) is 95.9 Å². The zero-order valence-corrected chi connectivity index (χ0v) is 33.0. The minimum absolute atomic E-state index is 0. The van der Waals surface area contributed by atoms with Crippen LogP contribution < -0.4 is 0 Å². The zero-order chi connectivity index (χ0) is 34.8. The first-order chi connectivity index (χ1) is 19.0. The molecule has 4 N–H and O–H groups in total. The molecule has 4 unspecified atom stereocenters. The van der Waals surface area contributed by atoms with Crippen molar-refractivity contribution < 1.29 is 98.9 Å². The van der Waals surface area contributed by atoms with Crippen LogP contribution in [0, 0.1) is 26.1 Å². The van der Waals surface area contributed by atoms with Crippen LogP contribution in [0.3, 0.4) is 0 Å². The molecule has 44 heavy (non-hydrogen) atoms. The number of hydrogen-bond acceptors (Lipinski definition) is 12. The molecule has 0 fully saturated rings. The van der Waals surface area contributed by atoms with E-state index in [9.17, 15) is 28.8 Å². The maximum absolute atomic E-state index is 10.0. The second kappa shape index (κ2) is 46.0. The Bertz CT molecular complexity index is 602. The Balaban J connectivity index is -0.0000000584. The van der Waals surface area contributed by atoms with Gasteiger partial charge >= 0.3 is 0 Å². The van der Waals surface area contributed by atoms with E-state index in [4.69, 9.17) is 20.4 Å². The van der Waals surface area contributed by atoms with Gasteiger partial charge in [0.25, 0.3) is 0 Å². The van der Waals surface area contributed by atoms with Crippen LogP contribution in [-0.2, 0) is 78.5 Å². The first kappa shape index (κ1) is 61.5. The number of ether oxygens (including phenoxy) is 2. The van der Waals surface area contributed by atoms with Crippen molar-refractivity contribution in [3.8, 4) is 0 Å². The van der Waals surface area contributed by atoms with Crippen LogP contribution in [0.5, 0.6) is 0 Å². The van der Waals surface area contributed by atoms with Crippen LogP contribution in [0.25, 0.3) is 0 Å². The first-order valence-electron chi connectivity index (χ1n) is 13.4. The average Bonchev–Trinajstić information content (AvgIpc) is 2.74. The maximum Gasteiger partial charge on any atom is 0.0536 e. The molecule has 0 saturated heterocycles. The first-order valence-corrected chi connectivity index (χ1v) is 13.4. The summed E-state index contributed by atoms with van der Waals surface area (Å²) in [6, 6.07) is 0. The van der Waals surface area contributed by atoms with Crippen molar-refractivity contribution in [3.05, 3.63) is 26.1 Å². The molecule has 0 aliphatic carbocycles. The molecule has 270 valence electrons. The zero-order valence-electron chi connectivity index (χ0n) is 28.2. The van der Waals surface area contributed by atoms with E-state index in [1.807, 2.05) is 13.8 Å². The van der Waals surface area contributed by atoms with E-state index in [1.165, 1.54) is 54.8 Å². The average molecular weight is 993 g/mol. The number of ketones is 6. The fraction of sp³-hybridized carbons (Fsp3) is 0.667. The summed E-state index contributed by atoms with van der Waals surface area (Å²) in [5, 5.41) is 34.3. The number of rotatable bonds is 14. The molecule has 2 radical (unpaired) electrons. The van der Waals surface area contributed by atoms with Gasteiger partial charge in [0.15, 0.2) is 0 Å². The van der Waals surface area contributed by atoms with Crippen LogP contribution in [0.2, 0.25) is 0 Å². The molecule has 4 atom stereocenters. The number of hydrogen-bond donors (Lipinski definition) is 4. The molecule has 0 amide bonds. The van der Waals surface area contributed by atoms with Gasteiger partial charge in [0.1, 0.15) is 0 Å². The van der Waals surface area contributed by atoms with Crippen molar-refractivity contribution >= 4 is 34.7 Å². The number of carbonyl (C=O) groups excluding carboxylic acids is 6. The molecular weight excluding hydrogens is 937 g/mol. The summed E-state index contributed by atoms with van der Waals surface area (Å²) in [4.78, 5) is 60.0. The molecule has 0 aromatic heterocycles. The minimum Gasteiger partial charge on any atom is -0.526 e. The van der Waals surface area contributed by atoms with Gasteiger partial charge in [-0.1, -0.05) is 0 Å². The van der Waals surface area contributed by atoms with Crippen molar-refractivity contribution in [1.82, 2.24) is 0 Å². The number of aliphatic hydroxyl groups excluding tert-OH is 4. The third-order valence-corrected chi connectivity index (χ3v) is 3.01. The molecule has 0 heterocycles. The molecule has 0 aliphatic rings. The van der Waals surface area contributed by atoms with Crippen LogP contribution >= 0.6 is 0 Å². The SMILES string of the molecule is CC(=O)[CH-]C(C)=O.CC(=O)[CH-]C(C)=O.CC(O)CC(C)O.CC(O)CC(C)O.CCO[CH-]C(C)=O.CCO[CH-]C(C)=O.[Ir].[Ir]. The Labute approximate surface area is 292 Å². The van der Waals surface area contributed by atoms with E-state index in [1.54, 1.807) is 27.7 Å². The molecule has 0 rings (SSSR count). The predicted octanol–water partition coefficient (Wildman–Crippen LogP) is 2.56. The summed E-state index contributed by atoms with van der Waals surface area (Å²) in [7, 11) is 0. The van der Waals surface area contributed by atoms with Crippen molar-refractivity contribution in [2.75, 3.05) is 13.2 Å². The van der Waals surface area contributed by atoms with Crippen molar-refractivity contribution in [2.24, 2.45) is 0 Å². The van der Waals surface area contributed by atoms with Gasteiger partial charge < -0.3 is 58.7 Å². The van der Waals surface area contributed by atoms with Gasteiger partial charge in [-0.05, 0) is 95.9 Å². The second-order valence-electron chi connectivity index (χ2n) is 8.97. The molecule has 0 aromatic rings. The Hall–Kier alpha value is -1.44. The number of Topliss-reactive ketones (excluding diaryl/α,β-unsaturated/α-hetero) is 6. The van der Waals surface area contributed by atoms with Crippen molar-refractivity contribution in [1.29, 1.82) is 0 Å². The fourth-order valence-corrected chi connectivity index (χ4v) is 1.96. The van der Waals surface area contributed by atoms with E-state index in [0.29, 0.717) is 26.1 Å². The minimum atomic E-state index is -0.375. The van der Waals surface area contributed by atoms with E-state index < -0.39 is 0 Å². The molecule has 0 aliphatic heterocycles. The molecular formula is C30H56Ir2O12-4. The topological polar surface area (TPSA) is 202 Å². The summed E-state index contributed by atoms with van der Waals surface area (Å²) in [5.74, 6) is -0.830. The van der Waals surface area contributed by atoms with Gasteiger partial charge in [-0.3, -0.25) is 12.8 Å². The fourth-order valence-electron chi connectivity index (χ4n) is 1.96. The van der Waals surface area contributed by atoms with E-state index in [0.717, 1.165) is 12.8 Å². The number of aliphatic hydroxyl groups is 4. The van der Waals surface area contributed by atoms with Gasteiger partial charge in [0, 0.05) is 88.1 Å². The van der Waals surface area contributed by atoms with Crippen LogP contribution in [0.15, 0.2) is 0 Å². The largest absolute Gasteiger partial charge is 0.526 e. The summed E-state index contributed by atoms with van der Waals surface area (Å²) < 4.78 is 9.24. The Morgan fingerprint density at radius 1 is 0.477 bits per heavy atom. The van der Waals surface area contributed by atoms with Gasteiger partial charge in [-0.15, -0.1) is 0 Å². The van der Waals surface area contributed by atoms with Crippen LogP contribution in [-0.4, -0.2) is 92.8 Å². The quantitative estimate of drug-likeness (QED) is 0.147. The summed E-state index contributed by atoms with van der Waals surface area (Å²) in [6.45, 7) is 22.2. The monoisotopic (exact) mass is 994 g/mol. The molecule has 12 nitrogen and oxygen atoms in total. The standard InChI is InChI=1S/2C5H12O2.2C5H7O2.2C5H9O2.2Ir/c4*1-4(6)3-5(2)7;2*1-3-7-4-5(2)6;;/h2*4-7H,3H2,1-2H3;2*3H,1-2H3;2*4H,3H2,1-2H3;;/q;;4*-1;;. The van der Waals surface area contributed by atoms with E-state index in [2.05, 4.69) is 9.47 Å².